The highest BCUT2D eigenvalue weighted by Crippen LogP contribution is 2.31. The first-order valence-electron chi connectivity index (χ1n) is 8.58. The van der Waals surface area contributed by atoms with Crippen LogP contribution in [0.15, 0.2) is 59.7 Å². The van der Waals surface area contributed by atoms with E-state index in [0.29, 0.717) is 30.4 Å². The van der Waals surface area contributed by atoms with E-state index in [2.05, 4.69) is 10.5 Å². The molecule has 136 valence electrons. The van der Waals surface area contributed by atoms with E-state index in [-0.39, 0.29) is 11.3 Å². The minimum atomic E-state index is -0.477. The van der Waals surface area contributed by atoms with Crippen molar-refractivity contribution in [3.8, 4) is 17.2 Å². The third-order valence-corrected chi connectivity index (χ3v) is 4.39. The molecule has 0 saturated carbocycles. The van der Waals surface area contributed by atoms with Gasteiger partial charge < -0.3 is 14.6 Å². The van der Waals surface area contributed by atoms with Crippen molar-refractivity contribution in [1.29, 1.82) is 0 Å². The molecule has 2 N–H and O–H groups in total. The fourth-order valence-corrected chi connectivity index (χ4v) is 2.94. The topological polar surface area (TPSA) is 80.2 Å². The van der Waals surface area contributed by atoms with Gasteiger partial charge in [-0.2, -0.15) is 5.10 Å². The summed E-state index contributed by atoms with van der Waals surface area (Å²) in [6, 6.07) is 16.2. The Morgan fingerprint density at radius 2 is 1.70 bits per heavy atom. The largest absolute Gasteiger partial charge is 0.507 e. The smallest absolute Gasteiger partial charge is 0.275 e. The van der Waals surface area contributed by atoms with Crippen LogP contribution in [0.25, 0.3) is 10.8 Å². The maximum Gasteiger partial charge on any atom is 0.275 e. The van der Waals surface area contributed by atoms with Gasteiger partial charge in [-0.3, -0.25) is 4.79 Å². The molecule has 0 spiro atoms. The minimum Gasteiger partial charge on any atom is -0.507 e. The Morgan fingerprint density at radius 1 is 1.00 bits per heavy atom. The Hall–Kier alpha value is -3.54. The average Bonchev–Trinajstić information content (AvgIpc) is 2.70. The first kappa shape index (κ1) is 16.9. The van der Waals surface area contributed by atoms with E-state index < -0.39 is 5.91 Å². The second-order valence-electron chi connectivity index (χ2n) is 6.21. The zero-order valence-electron chi connectivity index (χ0n) is 14.7. The van der Waals surface area contributed by atoms with Crippen molar-refractivity contribution in [1.82, 2.24) is 5.43 Å². The minimum absolute atomic E-state index is 0.0848. The highest BCUT2D eigenvalue weighted by molar-refractivity contribution is 6.03. The zero-order chi connectivity index (χ0) is 18.8. The highest BCUT2D eigenvalue weighted by Gasteiger charge is 2.14. The lowest BCUT2D eigenvalue weighted by molar-refractivity contribution is 0.0952. The van der Waals surface area contributed by atoms with Crippen molar-refractivity contribution >= 4 is 22.4 Å². The number of nitrogens with one attached hydrogen (secondary N) is 1. The van der Waals surface area contributed by atoms with Gasteiger partial charge in [-0.15, -0.1) is 0 Å². The standard InChI is InChI=1S/C21H18N2O4/c1-13(14-6-7-19-20(12-14)27-9-8-26-19)22-23-21(25)17-10-15-4-2-3-5-16(15)11-18(17)24/h2-7,10-12,24H,8-9H2,1H3,(H,23,25). The number of carbonyl (C=O) groups is 1. The number of nitrogens with zero attached hydrogens (tertiary/aromatic N) is 1. The van der Waals surface area contributed by atoms with Crippen LogP contribution in [0, 0.1) is 0 Å². The van der Waals surface area contributed by atoms with Gasteiger partial charge in [0.05, 0.1) is 11.3 Å². The average molecular weight is 362 g/mol. The molecule has 0 fully saturated rings. The van der Waals surface area contributed by atoms with Gasteiger partial charge in [-0.1, -0.05) is 24.3 Å². The van der Waals surface area contributed by atoms with Gasteiger partial charge in [0, 0.05) is 5.56 Å². The molecule has 0 unspecified atom stereocenters. The Balaban J connectivity index is 1.55. The molecule has 27 heavy (non-hydrogen) atoms. The van der Waals surface area contributed by atoms with Crippen molar-refractivity contribution < 1.29 is 19.4 Å². The third-order valence-electron chi connectivity index (χ3n) is 4.39. The SMILES string of the molecule is CC(=NNC(=O)c1cc2ccccc2cc1O)c1ccc2c(c1)OCCO2. The van der Waals surface area contributed by atoms with Crippen molar-refractivity contribution in [2.24, 2.45) is 5.10 Å². The molecular formula is C21H18N2O4. The molecule has 1 heterocycles. The summed E-state index contributed by atoms with van der Waals surface area (Å²) in [6.07, 6.45) is 0. The summed E-state index contributed by atoms with van der Waals surface area (Å²) >= 11 is 0. The number of hydrogen-bond acceptors (Lipinski definition) is 5. The van der Waals surface area contributed by atoms with Crippen molar-refractivity contribution in [2.45, 2.75) is 6.92 Å². The summed E-state index contributed by atoms with van der Waals surface area (Å²) in [5, 5.41) is 16.0. The van der Waals surface area contributed by atoms with Crippen LogP contribution in [0.2, 0.25) is 0 Å². The van der Waals surface area contributed by atoms with Crippen molar-refractivity contribution in [3.63, 3.8) is 0 Å². The fraction of sp³-hybridized carbons (Fsp3) is 0.143. The number of hydrazone groups is 1. The predicted molar refractivity (Wildman–Crippen MR) is 103 cm³/mol. The fourth-order valence-electron chi connectivity index (χ4n) is 2.94. The molecule has 0 atom stereocenters. The van der Waals surface area contributed by atoms with E-state index in [9.17, 15) is 9.90 Å². The number of phenols is 1. The molecule has 0 bridgehead atoms. The van der Waals surface area contributed by atoms with Gasteiger partial charge in [0.2, 0.25) is 0 Å². The maximum atomic E-state index is 12.5. The first-order valence-corrected chi connectivity index (χ1v) is 8.58. The number of fused-ring (bicyclic) bond motifs is 2. The molecular weight excluding hydrogens is 344 g/mol. The van der Waals surface area contributed by atoms with E-state index in [0.717, 1.165) is 16.3 Å². The van der Waals surface area contributed by atoms with Gasteiger partial charge in [0.1, 0.15) is 19.0 Å². The van der Waals surface area contributed by atoms with Crippen LogP contribution in [0.4, 0.5) is 0 Å². The summed E-state index contributed by atoms with van der Waals surface area (Å²) in [7, 11) is 0. The molecule has 1 aliphatic rings. The molecule has 6 nitrogen and oxygen atoms in total. The van der Waals surface area contributed by atoms with Crippen LogP contribution in [0.1, 0.15) is 22.8 Å². The van der Waals surface area contributed by atoms with E-state index in [4.69, 9.17) is 9.47 Å². The molecule has 3 aromatic carbocycles. The number of rotatable bonds is 3. The number of ether oxygens (including phenoxy) is 2. The highest BCUT2D eigenvalue weighted by atomic mass is 16.6. The summed E-state index contributed by atoms with van der Waals surface area (Å²) in [6.45, 7) is 2.82. The summed E-state index contributed by atoms with van der Waals surface area (Å²) in [5.41, 5.74) is 4.09. The molecule has 3 aromatic rings. The molecule has 0 aliphatic carbocycles. The van der Waals surface area contributed by atoms with Gasteiger partial charge in [-0.05, 0) is 48.0 Å². The van der Waals surface area contributed by atoms with Crippen LogP contribution >= 0.6 is 0 Å². The van der Waals surface area contributed by atoms with Gasteiger partial charge >= 0.3 is 0 Å². The molecule has 0 aromatic heterocycles. The van der Waals surface area contributed by atoms with E-state index >= 15 is 0 Å². The second-order valence-corrected chi connectivity index (χ2v) is 6.21. The Morgan fingerprint density at radius 3 is 2.48 bits per heavy atom. The van der Waals surface area contributed by atoms with Crippen molar-refractivity contribution in [3.05, 3.63) is 65.7 Å². The van der Waals surface area contributed by atoms with E-state index in [1.807, 2.05) is 42.5 Å². The van der Waals surface area contributed by atoms with Crippen LogP contribution in [0.3, 0.4) is 0 Å². The lowest BCUT2D eigenvalue weighted by atomic mass is 10.1. The van der Waals surface area contributed by atoms with Crippen LogP contribution < -0.4 is 14.9 Å². The number of amides is 1. The molecule has 1 aliphatic heterocycles. The van der Waals surface area contributed by atoms with E-state index in [1.165, 1.54) is 0 Å². The number of aromatic hydroxyl groups is 1. The number of benzene rings is 3. The first-order chi connectivity index (χ1) is 13.1. The predicted octanol–water partition coefficient (Wildman–Crippen LogP) is 3.47. The Bertz CT molecular complexity index is 1060. The number of carbonyl (C=O) groups excluding carboxylic acids is 1. The summed E-state index contributed by atoms with van der Waals surface area (Å²) in [4.78, 5) is 12.5. The number of hydrogen-bond donors (Lipinski definition) is 2. The van der Waals surface area contributed by atoms with Gasteiger partial charge in [0.25, 0.3) is 5.91 Å². The Labute approximate surface area is 156 Å². The lowest BCUT2D eigenvalue weighted by Crippen LogP contribution is -2.20. The summed E-state index contributed by atoms with van der Waals surface area (Å²) in [5.74, 6) is 0.795. The van der Waals surface area contributed by atoms with Crippen LogP contribution in [-0.4, -0.2) is 29.9 Å². The lowest BCUT2D eigenvalue weighted by Gasteiger charge is -2.18. The van der Waals surface area contributed by atoms with Gasteiger partial charge in [0.15, 0.2) is 11.5 Å². The molecule has 6 heteroatoms. The summed E-state index contributed by atoms with van der Waals surface area (Å²) < 4.78 is 11.1. The zero-order valence-corrected chi connectivity index (χ0v) is 14.7. The molecule has 0 radical (unpaired) electrons. The Kier molecular flexibility index (Phi) is 4.38. The molecule has 4 rings (SSSR count). The third kappa shape index (κ3) is 3.42. The normalized spacial score (nSPS) is 13.4. The monoisotopic (exact) mass is 362 g/mol. The second kappa shape index (κ2) is 6.99. The number of phenolic OH excluding ortho intramolecular Hbond substituents is 1. The maximum absolute atomic E-state index is 12.5. The van der Waals surface area contributed by atoms with Crippen LogP contribution in [-0.2, 0) is 0 Å². The molecule has 0 saturated heterocycles. The van der Waals surface area contributed by atoms with E-state index in [1.54, 1.807) is 19.1 Å². The molecule has 1 amide bonds. The quantitative estimate of drug-likeness (QED) is 0.552. The van der Waals surface area contributed by atoms with Crippen molar-refractivity contribution in [2.75, 3.05) is 13.2 Å². The van der Waals surface area contributed by atoms with Crippen LogP contribution in [0.5, 0.6) is 17.2 Å². The van der Waals surface area contributed by atoms with Gasteiger partial charge in [-0.25, -0.2) is 5.43 Å².